The molecule has 0 spiro atoms. The molecule has 2 aliphatic rings. The van der Waals surface area contributed by atoms with Gasteiger partial charge in [-0.2, -0.15) is 0 Å². The lowest BCUT2D eigenvalue weighted by Gasteiger charge is -2.14. The van der Waals surface area contributed by atoms with Crippen molar-refractivity contribution in [1.29, 1.82) is 0 Å². The second-order valence-corrected chi connectivity index (χ2v) is 4.69. The Kier molecular flexibility index (Phi) is 3.23. The van der Waals surface area contributed by atoms with E-state index in [0.717, 1.165) is 25.4 Å². The van der Waals surface area contributed by atoms with Gasteiger partial charge in [0.2, 0.25) is 0 Å². The van der Waals surface area contributed by atoms with E-state index < -0.39 is 0 Å². The molecule has 76 valence electrons. The van der Waals surface area contributed by atoms with Gasteiger partial charge in [-0.15, -0.1) is 0 Å². The molecule has 2 unspecified atom stereocenters. The van der Waals surface area contributed by atoms with Crippen LogP contribution in [0.5, 0.6) is 0 Å². The number of aliphatic hydroxyl groups is 1. The molecule has 0 bridgehead atoms. The van der Waals surface area contributed by atoms with Crippen molar-refractivity contribution >= 4 is 0 Å². The van der Waals surface area contributed by atoms with Gasteiger partial charge in [0.25, 0.3) is 0 Å². The quantitative estimate of drug-likeness (QED) is 0.634. The first-order chi connectivity index (χ1) is 6.36. The summed E-state index contributed by atoms with van der Waals surface area (Å²) >= 11 is 0. The fraction of sp³-hybridized carbons (Fsp3) is 1.00. The van der Waals surface area contributed by atoms with Crippen molar-refractivity contribution < 1.29 is 5.11 Å². The summed E-state index contributed by atoms with van der Waals surface area (Å²) in [6.07, 6.45) is 7.70. The Hall–Kier alpha value is -0.0800. The van der Waals surface area contributed by atoms with Crippen LogP contribution in [0.4, 0.5) is 0 Å². The van der Waals surface area contributed by atoms with Crippen molar-refractivity contribution in [2.75, 3.05) is 13.1 Å². The first kappa shape index (κ1) is 9.47. The number of nitrogens with one attached hydrogen (secondary N) is 1. The Balaban J connectivity index is 1.51. The van der Waals surface area contributed by atoms with Gasteiger partial charge < -0.3 is 10.4 Å². The van der Waals surface area contributed by atoms with E-state index >= 15 is 0 Å². The van der Waals surface area contributed by atoms with Crippen molar-refractivity contribution in [3.63, 3.8) is 0 Å². The van der Waals surface area contributed by atoms with E-state index in [1.165, 1.54) is 32.1 Å². The third-order valence-corrected chi connectivity index (χ3v) is 3.45. The summed E-state index contributed by atoms with van der Waals surface area (Å²) in [6, 6.07) is 0. The van der Waals surface area contributed by atoms with E-state index in [9.17, 15) is 5.11 Å². The van der Waals surface area contributed by atoms with Crippen LogP contribution < -0.4 is 5.32 Å². The van der Waals surface area contributed by atoms with Crippen molar-refractivity contribution in [2.24, 2.45) is 11.8 Å². The summed E-state index contributed by atoms with van der Waals surface area (Å²) in [6.45, 7) is 2.20. The molecule has 0 aromatic carbocycles. The van der Waals surface area contributed by atoms with Crippen LogP contribution in [0.1, 0.15) is 38.5 Å². The number of rotatable bonds is 5. The highest BCUT2D eigenvalue weighted by Crippen LogP contribution is 2.31. The predicted octanol–water partition coefficient (Wildman–Crippen LogP) is 1.54. The van der Waals surface area contributed by atoms with Gasteiger partial charge in [-0.3, -0.25) is 0 Å². The Morgan fingerprint density at radius 2 is 2.00 bits per heavy atom. The molecule has 2 aliphatic carbocycles. The summed E-state index contributed by atoms with van der Waals surface area (Å²) in [5, 5.41) is 13.0. The van der Waals surface area contributed by atoms with Crippen molar-refractivity contribution in [3.8, 4) is 0 Å². The van der Waals surface area contributed by atoms with E-state index in [4.69, 9.17) is 0 Å². The fourth-order valence-electron chi connectivity index (χ4n) is 2.26. The number of hydrogen-bond acceptors (Lipinski definition) is 2. The van der Waals surface area contributed by atoms with Crippen LogP contribution in [-0.4, -0.2) is 24.3 Å². The van der Waals surface area contributed by atoms with E-state index in [1.54, 1.807) is 0 Å². The SMILES string of the molecule is OC1CCCC1CNCCC1CC1. The highest BCUT2D eigenvalue weighted by molar-refractivity contribution is 4.79. The Morgan fingerprint density at radius 3 is 2.62 bits per heavy atom. The molecule has 2 nitrogen and oxygen atoms in total. The van der Waals surface area contributed by atoms with Crippen LogP contribution in [-0.2, 0) is 0 Å². The second-order valence-electron chi connectivity index (χ2n) is 4.69. The molecule has 2 saturated carbocycles. The minimum Gasteiger partial charge on any atom is -0.393 e. The molecule has 0 radical (unpaired) electrons. The molecule has 2 N–H and O–H groups in total. The lowest BCUT2D eigenvalue weighted by molar-refractivity contribution is 0.131. The van der Waals surface area contributed by atoms with Gasteiger partial charge in [0, 0.05) is 6.54 Å². The monoisotopic (exact) mass is 183 g/mol. The molecule has 0 aromatic heterocycles. The van der Waals surface area contributed by atoms with Gasteiger partial charge in [0.15, 0.2) is 0 Å². The molecule has 2 heteroatoms. The lowest BCUT2D eigenvalue weighted by Crippen LogP contribution is -2.28. The molecule has 0 amide bonds. The molecule has 0 heterocycles. The molecule has 2 atom stereocenters. The first-order valence-corrected chi connectivity index (χ1v) is 5.75. The standard InChI is InChI=1S/C11H21NO/c13-11-3-1-2-10(11)8-12-7-6-9-4-5-9/h9-13H,1-8H2. The first-order valence-electron chi connectivity index (χ1n) is 5.75. The third kappa shape index (κ3) is 2.96. The van der Waals surface area contributed by atoms with Crippen LogP contribution >= 0.6 is 0 Å². The zero-order valence-corrected chi connectivity index (χ0v) is 8.34. The molecule has 13 heavy (non-hydrogen) atoms. The second kappa shape index (κ2) is 4.43. The largest absolute Gasteiger partial charge is 0.393 e. The molecule has 0 aliphatic heterocycles. The van der Waals surface area contributed by atoms with Crippen molar-refractivity contribution in [1.82, 2.24) is 5.32 Å². The third-order valence-electron chi connectivity index (χ3n) is 3.45. The van der Waals surface area contributed by atoms with E-state index in [2.05, 4.69) is 5.32 Å². The Labute approximate surface area is 80.7 Å². The van der Waals surface area contributed by atoms with Gasteiger partial charge in [0.1, 0.15) is 0 Å². The molecular formula is C11H21NO. The van der Waals surface area contributed by atoms with Crippen molar-refractivity contribution in [2.45, 2.75) is 44.6 Å². The highest BCUT2D eigenvalue weighted by atomic mass is 16.3. The van der Waals surface area contributed by atoms with Crippen LogP contribution in [0.2, 0.25) is 0 Å². The van der Waals surface area contributed by atoms with Crippen LogP contribution in [0, 0.1) is 11.8 Å². The van der Waals surface area contributed by atoms with Gasteiger partial charge >= 0.3 is 0 Å². The molecule has 0 saturated heterocycles. The maximum Gasteiger partial charge on any atom is 0.0580 e. The van der Waals surface area contributed by atoms with Gasteiger partial charge in [0.05, 0.1) is 6.10 Å². The molecule has 2 rings (SSSR count). The average Bonchev–Trinajstić information content (AvgIpc) is 2.86. The summed E-state index contributed by atoms with van der Waals surface area (Å²) in [5.74, 6) is 1.57. The average molecular weight is 183 g/mol. The number of hydrogen-bond donors (Lipinski definition) is 2. The minimum atomic E-state index is -0.0200. The van der Waals surface area contributed by atoms with Crippen molar-refractivity contribution in [3.05, 3.63) is 0 Å². The summed E-state index contributed by atoms with van der Waals surface area (Å²) in [4.78, 5) is 0. The zero-order chi connectivity index (χ0) is 9.10. The van der Waals surface area contributed by atoms with E-state index in [1.807, 2.05) is 0 Å². The molecular weight excluding hydrogens is 162 g/mol. The molecule has 2 fully saturated rings. The maximum absolute atomic E-state index is 9.57. The Morgan fingerprint density at radius 1 is 1.15 bits per heavy atom. The Bertz CT molecular complexity index is 156. The lowest BCUT2D eigenvalue weighted by atomic mass is 10.1. The van der Waals surface area contributed by atoms with E-state index in [-0.39, 0.29) is 6.10 Å². The summed E-state index contributed by atoms with van der Waals surface area (Å²) in [5.41, 5.74) is 0. The van der Waals surface area contributed by atoms with Gasteiger partial charge in [-0.1, -0.05) is 19.3 Å². The smallest absolute Gasteiger partial charge is 0.0580 e. The van der Waals surface area contributed by atoms with Gasteiger partial charge in [-0.05, 0) is 37.6 Å². The number of aliphatic hydroxyl groups excluding tert-OH is 1. The maximum atomic E-state index is 9.57. The van der Waals surface area contributed by atoms with Crippen LogP contribution in [0.3, 0.4) is 0 Å². The fourth-order valence-corrected chi connectivity index (χ4v) is 2.26. The summed E-state index contributed by atoms with van der Waals surface area (Å²) < 4.78 is 0. The normalized spacial score (nSPS) is 33.9. The topological polar surface area (TPSA) is 32.3 Å². The minimum absolute atomic E-state index is 0.0200. The summed E-state index contributed by atoms with van der Waals surface area (Å²) in [7, 11) is 0. The van der Waals surface area contributed by atoms with E-state index in [0.29, 0.717) is 5.92 Å². The van der Waals surface area contributed by atoms with Gasteiger partial charge in [-0.25, -0.2) is 0 Å². The van der Waals surface area contributed by atoms with Crippen LogP contribution in [0.25, 0.3) is 0 Å². The zero-order valence-electron chi connectivity index (χ0n) is 8.34. The predicted molar refractivity (Wildman–Crippen MR) is 53.6 cm³/mol. The molecule has 0 aromatic rings. The highest BCUT2D eigenvalue weighted by Gasteiger charge is 2.25. The van der Waals surface area contributed by atoms with Crippen LogP contribution in [0.15, 0.2) is 0 Å².